The Balaban J connectivity index is 2.61. The van der Waals surface area contributed by atoms with E-state index in [0.29, 0.717) is 17.1 Å². The highest BCUT2D eigenvalue weighted by atomic mass is 16.3. The van der Waals surface area contributed by atoms with Gasteiger partial charge in [0, 0.05) is 5.69 Å². The average Bonchev–Trinajstić information content (AvgIpc) is 2.57. The first-order valence-electron chi connectivity index (χ1n) is 4.94. The van der Waals surface area contributed by atoms with Gasteiger partial charge in [0.05, 0.1) is 5.39 Å². The summed E-state index contributed by atoms with van der Waals surface area (Å²) < 4.78 is 5.58. The van der Waals surface area contributed by atoms with E-state index in [1.165, 1.54) is 6.33 Å². The van der Waals surface area contributed by atoms with E-state index in [1.54, 1.807) is 0 Å². The molecule has 0 amide bonds. The summed E-state index contributed by atoms with van der Waals surface area (Å²) in [6, 6.07) is 2.00. The number of aryl methyl sites for hydroxylation is 2. The zero-order chi connectivity index (χ0) is 11.3. The molecule has 0 aliphatic heterocycles. The Kier molecular flexibility index (Phi) is 1.65. The molecule has 5 heteroatoms. The third-order valence-corrected chi connectivity index (χ3v) is 2.58. The molecule has 0 saturated carbocycles. The van der Waals surface area contributed by atoms with E-state index in [9.17, 15) is 0 Å². The number of aromatic nitrogens is 3. The summed E-state index contributed by atoms with van der Waals surface area (Å²) in [6.07, 6.45) is 1.44. The number of fused-ring (bicyclic) bond motifs is 3. The van der Waals surface area contributed by atoms with Gasteiger partial charge < -0.3 is 10.2 Å². The van der Waals surface area contributed by atoms with Gasteiger partial charge in [-0.3, -0.25) is 0 Å². The van der Waals surface area contributed by atoms with Crippen molar-refractivity contribution in [2.24, 2.45) is 0 Å². The van der Waals surface area contributed by atoms with Crippen molar-refractivity contribution in [3.8, 4) is 0 Å². The number of nitrogens with zero attached hydrogens (tertiary/aromatic N) is 3. The van der Waals surface area contributed by atoms with Crippen molar-refractivity contribution in [3.05, 3.63) is 23.7 Å². The molecule has 0 aliphatic carbocycles. The standard InChI is InChI=1S/C11H10N4O/c1-5-3-6(2)15-11-7(5)8-9(16-11)10(12)14-4-13-8/h3-4H,1-2H3,(H2,12,13,14). The quantitative estimate of drug-likeness (QED) is 0.619. The van der Waals surface area contributed by atoms with Crippen molar-refractivity contribution >= 4 is 28.0 Å². The van der Waals surface area contributed by atoms with Gasteiger partial charge in [0.1, 0.15) is 11.8 Å². The van der Waals surface area contributed by atoms with Crippen LogP contribution in [0.1, 0.15) is 11.3 Å². The van der Waals surface area contributed by atoms with Crippen LogP contribution in [0, 0.1) is 13.8 Å². The minimum absolute atomic E-state index is 0.347. The van der Waals surface area contributed by atoms with Crippen LogP contribution in [0.3, 0.4) is 0 Å². The van der Waals surface area contributed by atoms with E-state index < -0.39 is 0 Å². The first-order chi connectivity index (χ1) is 7.66. The van der Waals surface area contributed by atoms with Gasteiger partial charge in [0.25, 0.3) is 0 Å². The number of furan rings is 1. The van der Waals surface area contributed by atoms with Crippen molar-refractivity contribution in [2.45, 2.75) is 13.8 Å². The SMILES string of the molecule is Cc1cc(C)c2c(n1)oc1c(N)ncnc12. The van der Waals surface area contributed by atoms with Crippen molar-refractivity contribution in [2.75, 3.05) is 5.73 Å². The van der Waals surface area contributed by atoms with Crippen molar-refractivity contribution in [1.29, 1.82) is 0 Å². The summed E-state index contributed by atoms with van der Waals surface area (Å²) in [5, 5.41) is 0.912. The number of hydrogen-bond acceptors (Lipinski definition) is 5. The monoisotopic (exact) mass is 214 g/mol. The Labute approximate surface area is 91.3 Å². The van der Waals surface area contributed by atoms with Crippen LogP contribution in [-0.2, 0) is 0 Å². The molecule has 0 unspecified atom stereocenters. The summed E-state index contributed by atoms with van der Waals surface area (Å²) in [5.74, 6) is 0.347. The van der Waals surface area contributed by atoms with Gasteiger partial charge in [0.15, 0.2) is 11.4 Å². The van der Waals surface area contributed by atoms with Gasteiger partial charge in [0.2, 0.25) is 5.71 Å². The molecule has 0 saturated heterocycles. The summed E-state index contributed by atoms with van der Waals surface area (Å²) >= 11 is 0. The second-order valence-electron chi connectivity index (χ2n) is 3.80. The third-order valence-electron chi connectivity index (χ3n) is 2.58. The first kappa shape index (κ1) is 9.08. The first-order valence-corrected chi connectivity index (χ1v) is 4.94. The molecular weight excluding hydrogens is 204 g/mol. The molecule has 16 heavy (non-hydrogen) atoms. The fourth-order valence-electron chi connectivity index (χ4n) is 1.93. The van der Waals surface area contributed by atoms with E-state index in [-0.39, 0.29) is 0 Å². The van der Waals surface area contributed by atoms with Crippen LogP contribution in [0.4, 0.5) is 5.82 Å². The number of rotatable bonds is 0. The fourth-order valence-corrected chi connectivity index (χ4v) is 1.93. The number of nitrogens with two attached hydrogens (primary N) is 1. The van der Waals surface area contributed by atoms with Gasteiger partial charge in [-0.25, -0.2) is 15.0 Å². The van der Waals surface area contributed by atoms with Gasteiger partial charge in [-0.1, -0.05) is 0 Å². The maximum Gasteiger partial charge on any atom is 0.229 e. The molecule has 3 heterocycles. The fraction of sp³-hybridized carbons (Fsp3) is 0.182. The number of pyridine rings is 1. The second kappa shape index (κ2) is 2.91. The molecular formula is C11H10N4O. The van der Waals surface area contributed by atoms with Crippen LogP contribution >= 0.6 is 0 Å². The lowest BCUT2D eigenvalue weighted by molar-refractivity contribution is 0.651. The minimum atomic E-state index is 0.347. The molecule has 3 rings (SSSR count). The molecule has 0 aliphatic rings. The predicted octanol–water partition coefficient (Wildman–Crippen LogP) is 1.97. The van der Waals surface area contributed by atoms with E-state index in [0.717, 1.165) is 22.2 Å². The predicted molar refractivity (Wildman–Crippen MR) is 61.0 cm³/mol. The molecule has 0 radical (unpaired) electrons. The van der Waals surface area contributed by atoms with Gasteiger partial charge in [-0.15, -0.1) is 0 Å². The lowest BCUT2D eigenvalue weighted by atomic mass is 10.1. The molecule has 0 atom stereocenters. The highest BCUT2D eigenvalue weighted by Crippen LogP contribution is 2.30. The molecule has 0 fully saturated rings. The molecule has 2 N–H and O–H groups in total. The zero-order valence-corrected chi connectivity index (χ0v) is 8.98. The molecule has 0 bridgehead atoms. The summed E-state index contributed by atoms with van der Waals surface area (Å²) in [4.78, 5) is 12.4. The highest BCUT2D eigenvalue weighted by molar-refractivity contribution is 6.05. The van der Waals surface area contributed by atoms with Crippen LogP contribution in [-0.4, -0.2) is 15.0 Å². The molecule has 0 spiro atoms. The number of nitrogen functional groups attached to an aromatic ring is 1. The van der Waals surface area contributed by atoms with E-state index >= 15 is 0 Å². The number of anilines is 1. The summed E-state index contributed by atoms with van der Waals surface area (Å²) in [5.41, 5.74) is 9.54. The largest absolute Gasteiger partial charge is 0.432 e. The lowest BCUT2D eigenvalue weighted by Crippen LogP contribution is -1.90. The molecule has 5 nitrogen and oxygen atoms in total. The maximum atomic E-state index is 5.74. The normalized spacial score (nSPS) is 11.4. The molecule has 3 aromatic heterocycles. The van der Waals surface area contributed by atoms with Gasteiger partial charge >= 0.3 is 0 Å². The Morgan fingerprint density at radius 1 is 1.25 bits per heavy atom. The topological polar surface area (TPSA) is 77.8 Å². The Morgan fingerprint density at radius 2 is 2.06 bits per heavy atom. The van der Waals surface area contributed by atoms with Crippen LogP contribution < -0.4 is 5.73 Å². The minimum Gasteiger partial charge on any atom is -0.432 e. The highest BCUT2D eigenvalue weighted by Gasteiger charge is 2.14. The van der Waals surface area contributed by atoms with E-state index in [2.05, 4.69) is 15.0 Å². The van der Waals surface area contributed by atoms with Crippen LogP contribution in [0.5, 0.6) is 0 Å². The zero-order valence-electron chi connectivity index (χ0n) is 8.98. The smallest absolute Gasteiger partial charge is 0.229 e. The summed E-state index contributed by atoms with van der Waals surface area (Å²) in [7, 11) is 0. The van der Waals surface area contributed by atoms with Crippen LogP contribution in [0.25, 0.3) is 22.2 Å². The van der Waals surface area contributed by atoms with E-state index in [1.807, 2.05) is 19.9 Å². The molecule has 0 aromatic carbocycles. The Morgan fingerprint density at radius 3 is 2.88 bits per heavy atom. The van der Waals surface area contributed by atoms with Crippen molar-refractivity contribution in [1.82, 2.24) is 15.0 Å². The molecule has 3 aromatic rings. The van der Waals surface area contributed by atoms with Crippen molar-refractivity contribution < 1.29 is 4.42 Å². The Hall–Kier alpha value is -2.17. The summed E-state index contributed by atoms with van der Waals surface area (Å²) in [6.45, 7) is 3.93. The molecule has 80 valence electrons. The van der Waals surface area contributed by atoms with Crippen molar-refractivity contribution in [3.63, 3.8) is 0 Å². The lowest BCUT2D eigenvalue weighted by Gasteiger charge is -1.96. The van der Waals surface area contributed by atoms with Crippen LogP contribution in [0.15, 0.2) is 16.8 Å². The second-order valence-corrected chi connectivity index (χ2v) is 3.80. The number of hydrogen-bond donors (Lipinski definition) is 1. The van der Waals surface area contributed by atoms with Crippen LogP contribution in [0.2, 0.25) is 0 Å². The van der Waals surface area contributed by atoms with E-state index in [4.69, 9.17) is 10.2 Å². The van der Waals surface area contributed by atoms with Gasteiger partial charge in [-0.05, 0) is 25.5 Å². The maximum absolute atomic E-state index is 5.74. The van der Waals surface area contributed by atoms with Gasteiger partial charge in [-0.2, -0.15) is 0 Å². The third kappa shape index (κ3) is 1.08. The average molecular weight is 214 g/mol. The Bertz CT molecular complexity index is 702.